The van der Waals surface area contributed by atoms with Gasteiger partial charge in [-0.3, -0.25) is 0 Å². The van der Waals surface area contributed by atoms with Crippen molar-refractivity contribution in [3.05, 3.63) is 81.4 Å². The minimum atomic E-state index is -0.328. The standard InChI is InChI=1S/C26H29Cl3N2O2/c1-25(2,3)24-30-12-10-19(31-24)16-33-20-8-6-17(7-9-20)26(4,5)18-14-21(28)23(22(29)15-18)32-13-11-27/h6-10,12,14-15H,11,13,16H2,1-5H3. The lowest BCUT2D eigenvalue weighted by Gasteiger charge is -2.27. The summed E-state index contributed by atoms with van der Waals surface area (Å²) in [6.45, 7) is 11.2. The van der Waals surface area contributed by atoms with Crippen LogP contribution in [0.15, 0.2) is 48.7 Å². The van der Waals surface area contributed by atoms with Crippen molar-refractivity contribution >= 4 is 34.8 Å². The Morgan fingerprint density at radius 1 is 0.848 bits per heavy atom. The van der Waals surface area contributed by atoms with Gasteiger partial charge in [0.05, 0.1) is 21.6 Å². The molecular weight excluding hydrogens is 479 g/mol. The summed E-state index contributed by atoms with van der Waals surface area (Å²) >= 11 is 18.6. The van der Waals surface area contributed by atoms with Gasteiger partial charge in [0.1, 0.15) is 24.8 Å². The third-order valence-corrected chi connectivity index (χ3v) is 6.11. The van der Waals surface area contributed by atoms with Crippen LogP contribution in [0, 0.1) is 0 Å². The number of nitrogens with zero attached hydrogens (tertiary/aromatic N) is 2. The first kappa shape index (κ1) is 25.6. The van der Waals surface area contributed by atoms with Crippen LogP contribution in [0.5, 0.6) is 11.5 Å². The van der Waals surface area contributed by atoms with Crippen molar-refractivity contribution in [1.82, 2.24) is 9.97 Å². The molecule has 3 rings (SSSR count). The molecule has 0 saturated carbocycles. The highest BCUT2D eigenvalue weighted by atomic mass is 35.5. The van der Waals surface area contributed by atoms with Gasteiger partial charge in [-0.15, -0.1) is 11.6 Å². The van der Waals surface area contributed by atoms with Crippen LogP contribution < -0.4 is 9.47 Å². The van der Waals surface area contributed by atoms with Crippen LogP contribution in [0.25, 0.3) is 0 Å². The monoisotopic (exact) mass is 506 g/mol. The van der Waals surface area contributed by atoms with Gasteiger partial charge in [0.25, 0.3) is 0 Å². The van der Waals surface area contributed by atoms with Gasteiger partial charge in [0, 0.05) is 17.0 Å². The second kappa shape index (κ2) is 10.5. The maximum Gasteiger partial charge on any atom is 0.156 e. The van der Waals surface area contributed by atoms with Gasteiger partial charge in [-0.1, -0.05) is 70.0 Å². The highest BCUT2D eigenvalue weighted by molar-refractivity contribution is 6.37. The zero-order valence-corrected chi connectivity index (χ0v) is 21.9. The Kier molecular flexibility index (Phi) is 8.15. The number of benzene rings is 2. The second-order valence-corrected chi connectivity index (χ2v) is 10.6. The Hall–Kier alpha value is -2.01. The van der Waals surface area contributed by atoms with Crippen LogP contribution >= 0.6 is 34.8 Å². The molecule has 0 radical (unpaired) electrons. The summed E-state index contributed by atoms with van der Waals surface area (Å²) in [4.78, 5) is 8.99. The number of hydrogen-bond acceptors (Lipinski definition) is 4. The van der Waals surface area contributed by atoms with E-state index in [0.717, 1.165) is 28.4 Å². The van der Waals surface area contributed by atoms with Crippen molar-refractivity contribution < 1.29 is 9.47 Å². The third-order valence-electron chi connectivity index (χ3n) is 5.39. The fourth-order valence-corrected chi connectivity index (χ4v) is 4.00. The smallest absolute Gasteiger partial charge is 0.156 e. The Labute approximate surface area is 211 Å². The summed E-state index contributed by atoms with van der Waals surface area (Å²) in [5, 5.41) is 0.935. The molecule has 176 valence electrons. The highest BCUT2D eigenvalue weighted by Crippen LogP contribution is 2.40. The fraction of sp³-hybridized carbons (Fsp3) is 0.385. The second-order valence-electron chi connectivity index (χ2n) is 9.37. The summed E-state index contributed by atoms with van der Waals surface area (Å²) in [7, 11) is 0. The predicted molar refractivity (Wildman–Crippen MR) is 136 cm³/mol. The van der Waals surface area contributed by atoms with Gasteiger partial charge in [0.2, 0.25) is 0 Å². The molecule has 0 aliphatic heterocycles. The lowest BCUT2D eigenvalue weighted by atomic mass is 9.78. The first-order chi connectivity index (χ1) is 15.5. The number of rotatable bonds is 8. The molecule has 0 spiro atoms. The molecule has 0 N–H and O–H groups in total. The van der Waals surface area contributed by atoms with Gasteiger partial charge in [-0.05, 0) is 41.5 Å². The fourth-order valence-electron chi connectivity index (χ4n) is 3.33. The molecule has 0 amide bonds. The number of ether oxygens (including phenoxy) is 2. The van der Waals surface area contributed by atoms with Crippen molar-refractivity contribution in [2.24, 2.45) is 0 Å². The van der Waals surface area contributed by atoms with Crippen LogP contribution in [-0.4, -0.2) is 22.5 Å². The van der Waals surface area contributed by atoms with E-state index in [1.807, 2.05) is 30.3 Å². The van der Waals surface area contributed by atoms with Gasteiger partial charge >= 0.3 is 0 Å². The van der Waals surface area contributed by atoms with E-state index in [1.54, 1.807) is 6.20 Å². The molecule has 7 heteroatoms. The third kappa shape index (κ3) is 6.32. The lowest BCUT2D eigenvalue weighted by Crippen LogP contribution is -2.19. The largest absolute Gasteiger partial charge is 0.489 e. The molecule has 0 aliphatic carbocycles. The Bertz CT molecular complexity index is 1070. The molecular formula is C26H29Cl3N2O2. The maximum atomic E-state index is 6.44. The van der Waals surface area contributed by atoms with E-state index in [0.29, 0.717) is 34.9 Å². The van der Waals surface area contributed by atoms with Crippen molar-refractivity contribution in [3.63, 3.8) is 0 Å². The summed E-state index contributed by atoms with van der Waals surface area (Å²) in [6, 6.07) is 13.7. The van der Waals surface area contributed by atoms with Gasteiger partial charge < -0.3 is 9.47 Å². The summed E-state index contributed by atoms with van der Waals surface area (Å²) in [5.74, 6) is 2.40. The summed E-state index contributed by atoms with van der Waals surface area (Å²) < 4.78 is 11.5. The van der Waals surface area contributed by atoms with E-state index in [-0.39, 0.29) is 10.8 Å². The number of aromatic nitrogens is 2. The molecule has 3 aromatic rings. The minimum Gasteiger partial charge on any atom is -0.489 e. The van der Waals surface area contributed by atoms with E-state index >= 15 is 0 Å². The molecule has 0 atom stereocenters. The van der Waals surface area contributed by atoms with E-state index < -0.39 is 0 Å². The first-order valence-electron chi connectivity index (χ1n) is 10.8. The number of hydrogen-bond donors (Lipinski definition) is 0. The molecule has 0 fully saturated rings. The van der Waals surface area contributed by atoms with E-state index in [2.05, 4.69) is 56.7 Å². The van der Waals surface area contributed by atoms with Gasteiger partial charge in [-0.2, -0.15) is 0 Å². The zero-order chi connectivity index (χ0) is 24.2. The lowest BCUT2D eigenvalue weighted by molar-refractivity contribution is 0.299. The Balaban J connectivity index is 1.74. The van der Waals surface area contributed by atoms with Crippen LogP contribution in [0.2, 0.25) is 10.0 Å². The molecule has 0 saturated heterocycles. The molecule has 33 heavy (non-hydrogen) atoms. The average Bonchev–Trinajstić information content (AvgIpc) is 2.77. The molecule has 0 aliphatic rings. The average molecular weight is 508 g/mol. The topological polar surface area (TPSA) is 44.2 Å². The molecule has 4 nitrogen and oxygen atoms in total. The van der Waals surface area contributed by atoms with Crippen molar-refractivity contribution in [1.29, 1.82) is 0 Å². The number of alkyl halides is 1. The Morgan fingerprint density at radius 2 is 1.48 bits per heavy atom. The van der Waals surface area contributed by atoms with Crippen molar-refractivity contribution in [2.45, 2.75) is 52.1 Å². The summed E-state index contributed by atoms with van der Waals surface area (Å²) in [5.41, 5.74) is 2.50. The normalized spacial score (nSPS) is 12.0. The quantitative estimate of drug-likeness (QED) is 0.294. The SMILES string of the molecule is CC(C)(C)c1nccc(COc2ccc(C(C)(C)c3cc(Cl)c(OCCCl)c(Cl)c3)cc2)n1. The van der Waals surface area contributed by atoms with Crippen molar-refractivity contribution in [3.8, 4) is 11.5 Å². The minimum absolute atomic E-state index is 0.108. The van der Waals surface area contributed by atoms with Gasteiger partial charge in [-0.25, -0.2) is 9.97 Å². The summed E-state index contributed by atoms with van der Waals surface area (Å²) in [6.07, 6.45) is 1.78. The number of halogens is 3. The van der Waals surface area contributed by atoms with Crippen LogP contribution in [0.3, 0.4) is 0 Å². The Morgan fingerprint density at radius 3 is 2.06 bits per heavy atom. The molecule has 1 aromatic heterocycles. The van der Waals surface area contributed by atoms with Crippen LogP contribution in [-0.2, 0) is 17.4 Å². The first-order valence-corrected chi connectivity index (χ1v) is 12.1. The van der Waals surface area contributed by atoms with E-state index in [1.165, 1.54) is 0 Å². The van der Waals surface area contributed by atoms with E-state index in [9.17, 15) is 0 Å². The van der Waals surface area contributed by atoms with Gasteiger partial charge in [0.15, 0.2) is 5.75 Å². The zero-order valence-electron chi connectivity index (χ0n) is 19.6. The van der Waals surface area contributed by atoms with Crippen LogP contribution in [0.4, 0.5) is 0 Å². The van der Waals surface area contributed by atoms with Crippen LogP contribution in [0.1, 0.15) is 57.3 Å². The van der Waals surface area contributed by atoms with E-state index in [4.69, 9.17) is 44.3 Å². The predicted octanol–water partition coefficient (Wildman–Crippen LogP) is 7.60. The molecule has 0 bridgehead atoms. The van der Waals surface area contributed by atoms with Crippen molar-refractivity contribution in [2.75, 3.05) is 12.5 Å². The highest BCUT2D eigenvalue weighted by Gasteiger charge is 2.26. The molecule has 1 heterocycles. The molecule has 2 aromatic carbocycles. The molecule has 0 unspecified atom stereocenters. The maximum absolute atomic E-state index is 6.44.